The lowest BCUT2D eigenvalue weighted by molar-refractivity contribution is -0.387. The maximum Gasteiger partial charge on any atom is 0.307 e. The molecule has 0 bridgehead atoms. The van der Waals surface area contributed by atoms with E-state index in [4.69, 9.17) is 0 Å². The van der Waals surface area contributed by atoms with Crippen LogP contribution in [0, 0.1) is 27.3 Å². The lowest BCUT2D eigenvalue weighted by Crippen LogP contribution is -2.30. The summed E-state index contributed by atoms with van der Waals surface area (Å²) in [5.41, 5.74) is -1.14. The zero-order valence-corrected chi connectivity index (χ0v) is 11.0. The molecule has 0 aliphatic carbocycles. The van der Waals surface area contributed by atoms with E-state index in [9.17, 15) is 24.4 Å². The van der Waals surface area contributed by atoms with Crippen molar-refractivity contribution in [3.8, 4) is 0 Å². The number of aliphatic carboxylic acids is 1. The zero-order valence-electron chi connectivity index (χ0n) is 11.0. The van der Waals surface area contributed by atoms with Crippen LogP contribution in [0.5, 0.6) is 0 Å². The number of nitro benzene ring substituents is 1. The second-order valence-corrected chi connectivity index (χ2v) is 5.47. The Hall–Kier alpha value is -1.98. The van der Waals surface area contributed by atoms with Crippen molar-refractivity contribution < 1.29 is 19.2 Å². The number of benzene rings is 1. The molecule has 0 aromatic heterocycles. The highest BCUT2D eigenvalue weighted by Crippen LogP contribution is 2.31. The number of carbonyl (C=O) groups is 1. The molecule has 0 heterocycles. The Morgan fingerprint density at radius 2 is 2.05 bits per heavy atom. The third kappa shape index (κ3) is 3.49. The van der Waals surface area contributed by atoms with Gasteiger partial charge in [0.1, 0.15) is 0 Å². The highest BCUT2D eigenvalue weighted by molar-refractivity contribution is 5.71. The monoisotopic (exact) mass is 269 g/mol. The number of hydrogen-bond donors (Lipinski definition) is 1. The second-order valence-electron chi connectivity index (χ2n) is 5.47. The van der Waals surface area contributed by atoms with E-state index in [2.05, 4.69) is 0 Å². The van der Waals surface area contributed by atoms with Gasteiger partial charge in [-0.3, -0.25) is 14.9 Å². The summed E-state index contributed by atoms with van der Waals surface area (Å²) in [7, 11) is 0. The Kier molecular flexibility index (Phi) is 4.24. The fraction of sp³-hybridized carbons (Fsp3) is 0.462. The average Bonchev–Trinajstić information content (AvgIpc) is 2.24. The molecule has 0 aliphatic rings. The van der Waals surface area contributed by atoms with Crippen molar-refractivity contribution in [2.24, 2.45) is 11.3 Å². The minimum atomic E-state index is -1.04. The van der Waals surface area contributed by atoms with E-state index in [-0.39, 0.29) is 12.0 Å². The van der Waals surface area contributed by atoms with E-state index < -0.39 is 33.7 Å². The summed E-state index contributed by atoms with van der Waals surface area (Å²) in [6.07, 6.45) is -0.0770. The Labute approximate surface area is 110 Å². The summed E-state index contributed by atoms with van der Waals surface area (Å²) in [6, 6.07) is 3.80. The van der Waals surface area contributed by atoms with E-state index >= 15 is 0 Å². The molecule has 1 atom stereocenters. The number of carboxylic acid groups (broad SMARTS) is 1. The number of nitrogens with zero attached hydrogens (tertiary/aromatic N) is 1. The summed E-state index contributed by atoms with van der Waals surface area (Å²) >= 11 is 0. The quantitative estimate of drug-likeness (QED) is 0.673. The fourth-order valence-corrected chi connectivity index (χ4v) is 1.85. The zero-order chi connectivity index (χ0) is 14.8. The first-order valence-electron chi connectivity index (χ1n) is 5.79. The molecule has 0 radical (unpaired) electrons. The van der Waals surface area contributed by atoms with Crippen LogP contribution >= 0.6 is 0 Å². The van der Waals surface area contributed by atoms with Gasteiger partial charge in [0.05, 0.1) is 10.8 Å². The van der Waals surface area contributed by atoms with Gasteiger partial charge in [0.2, 0.25) is 5.82 Å². The van der Waals surface area contributed by atoms with Crippen molar-refractivity contribution in [3.63, 3.8) is 0 Å². The molecular weight excluding hydrogens is 253 g/mol. The highest BCUT2D eigenvalue weighted by Gasteiger charge is 2.32. The average molecular weight is 269 g/mol. The fourth-order valence-electron chi connectivity index (χ4n) is 1.85. The Bertz CT molecular complexity index is 508. The Morgan fingerprint density at radius 3 is 2.47 bits per heavy atom. The van der Waals surface area contributed by atoms with Crippen LogP contribution in [-0.4, -0.2) is 16.0 Å². The summed E-state index contributed by atoms with van der Waals surface area (Å²) < 4.78 is 13.9. The highest BCUT2D eigenvalue weighted by atomic mass is 19.1. The van der Waals surface area contributed by atoms with Gasteiger partial charge in [-0.2, -0.15) is 4.39 Å². The van der Waals surface area contributed by atoms with Gasteiger partial charge in [-0.15, -0.1) is 0 Å². The van der Waals surface area contributed by atoms with Crippen LogP contribution in [0.2, 0.25) is 0 Å². The second kappa shape index (κ2) is 5.34. The molecule has 1 rings (SSSR count). The molecule has 1 unspecified atom stereocenters. The SMILES string of the molecule is CC(C)(C)C(Cc1cccc([N+](=O)[O-])c1F)C(=O)O. The van der Waals surface area contributed by atoms with Crippen LogP contribution in [0.1, 0.15) is 26.3 Å². The van der Waals surface area contributed by atoms with Gasteiger partial charge in [-0.1, -0.05) is 32.9 Å². The first kappa shape index (κ1) is 15.1. The molecule has 104 valence electrons. The molecule has 0 saturated heterocycles. The van der Waals surface area contributed by atoms with Crippen molar-refractivity contribution in [3.05, 3.63) is 39.7 Å². The first-order valence-corrected chi connectivity index (χ1v) is 5.79. The van der Waals surface area contributed by atoms with E-state index in [0.717, 1.165) is 6.07 Å². The number of nitro groups is 1. The van der Waals surface area contributed by atoms with Crippen LogP contribution in [-0.2, 0) is 11.2 Å². The number of carboxylic acids is 1. The standard InChI is InChI=1S/C13H16FNO4/c1-13(2,3)9(12(16)17)7-8-5-4-6-10(11(8)14)15(18)19/h4-6,9H,7H2,1-3H3,(H,16,17). The molecule has 5 nitrogen and oxygen atoms in total. The van der Waals surface area contributed by atoms with Gasteiger partial charge >= 0.3 is 11.7 Å². The third-order valence-electron chi connectivity index (χ3n) is 3.02. The minimum absolute atomic E-state index is 0.0523. The molecule has 0 fully saturated rings. The number of rotatable bonds is 4. The first-order chi connectivity index (χ1) is 8.64. The molecule has 0 amide bonds. The van der Waals surface area contributed by atoms with Crippen molar-refractivity contribution >= 4 is 11.7 Å². The van der Waals surface area contributed by atoms with Gasteiger partial charge in [-0.05, 0) is 17.4 Å². The summed E-state index contributed by atoms with van der Waals surface area (Å²) in [4.78, 5) is 21.1. The van der Waals surface area contributed by atoms with Crippen LogP contribution in [0.25, 0.3) is 0 Å². The summed E-state index contributed by atoms with van der Waals surface area (Å²) in [5, 5.41) is 19.8. The maximum absolute atomic E-state index is 13.9. The minimum Gasteiger partial charge on any atom is -0.481 e. The predicted molar refractivity (Wildman–Crippen MR) is 67.3 cm³/mol. The van der Waals surface area contributed by atoms with E-state index in [1.165, 1.54) is 12.1 Å². The van der Waals surface area contributed by atoms with Crippen molar-refractivity contribution in [1.29, 1.82) is 0 Å². The smallest absolute Gasteiger partial charge is 0.307 e. The Morgan fingerprint density at radius 1 is 1.47 bits per heavy atom. The number of halogens is 1. The number of hydrogen-bond acceptors (Lipinski definition) is 3. The van der Waals surface area contributed by atoms with Gasteiger partial charge in [0.15, 0.2) is 0 Å². The van der Waals surface area contributed by atoms with E-state index in [0.29, 0.717) is 0 Å². The van der Waals surface area contributed by atoms with Crippen LogP contribution in [0.15, 0.2) is 18.2 Å². The van der Waals surface area contributed by atoms with Crippen molar-refractivity contribution in [1.82, 2.24) is 0 Å². The van der Waals surface area contributed by atoms with Gasteiger partial charge in [-0.25, -0.2) is 0 Å². The third-order valence-corrected chi connectivity index (χ3v) is 3.02. The normalized spacial score (nSPS) is 13.1. The maximum atomic E-state index is 13.9. The topological polar surface area (TPSA) is 80.4 Å². The van der Waals surface area contributed by atoms with E-state index in [1.807, 2.05) is 0 Å². The van der Waals surface area contributed by atoms with E-state index in [1.54, 1.807) is 20.8 Å². The molecule has 0 aliphatic heterocycles. The van der Waals surface area contributed by atoms with Crippen molar-refractivity contribution in [2.45, 2.75) is 27.2 Å². The molecule has 1 N–H and O–H groups in total. The van der Waals surface area contributed by atoms with Crippen LogP contribution in [0.3, 0.4) is 0 Å². The van der Waals surface area contributed by atoms with Crippen LogP contribution < -0.4 is 0 Å². The van der Waals surface area contributed by atoms with Crippen molar-refractivity contribution in [2.75, 3.05) is 0 Å². The largest absolute Gasteiger partial charge is 0.481 e. The lowest BCUT2D eigenvalue weighted by atomic mass is 9.77. The molecular formula is C13H16FNO4. The summed E-state index contributed by atoms with van der Waals surface area (Å²) in [5.74, 6) is -2.81. The molecule has 6 heteroatoms. The molecule has 19 heavy (non-hydrogen) atoms. The molecule has 0 saturated carbocycles. The van der Waals surface area contributed by atoms with Gasteiger partial charge in [0.25, 0.3) is 0 Å². The van der Waals surface area contributed by atoms with Crippen LogP contribution in [0.4, 0.5) is 10.1 Å². The molecule has 1 aromatic carbocycles. The van der Waals surface area contributed by atoms with Gasteiger partial charge < -0.3 is 5.11 Å². The predicted octanol–water partition coefficient (Wildman–Crippen LogP) is 3.02. The summed E-state index contributed by atoms with van der Waals surface area (Å²) in [6.45, 7) is 5.21. The lowest BCUT2D eigenvalue weighted by Gasteiger charge is -2.27. The molecule has 1 aromatic rings. The Balaban J connectivity index is 3.15. The molecule has 0 spiro atoms. The van der Waals surface area contributed by atoms with Gasteiger partial charge in [0, 0.05) is 6.07 Å².